The molecule has 2 unspecified atom stereocenters. The average Bonchev–Trinajstić information content (AvgIpc) is 2.24. The Kier molecular flexibility index (Phi) is 5.60. The fourth-order valence-electron chi connectivity index (χ4n) is 2.05. The second-order valence-corrected chi connectivity index (χ2v) is 5.67. The third-order valence-corrected chi connectivity index (χ3v) is 3.82. The molecule has 0 fully saturated rings. The Hall–Kier alpha value is -0.410. The topological polar surface area (TPSA) is 12.0 Å². The summed E-state index contributed by atoms with van der Waals surface area (Å²) in [5, 5.41) is 3.59. The van der Waals surface area contributed by atoms with E-state index >= 15 is 0 Å². The van der Waals surface area contributed by atoms with Gasteiger partial charge in [-0.05, 0) is 37.0 Å². The molecule has 0 aliphatic carbocycles. The molecular formula is C14H21BrFN. The van der Waals surface area contributed by atoms with Crippen molar-refractivity contribution in [1.82, 2.24) is 5.32 Å². The van der Waals surface area contributed by atoms with Crippen LogP contribution >= 0.6 is 15.9 Å². The lowest BCUT2D eigenvalue weighted by Gasteiger charge is -2.26. The van der Waals surface area contributed by atoms with Crippen molar-refractivity contribution in [3.05, 3.63) is 34.1 Å². The van der Waals surface area contributed by atoms with Gasteiger partial charge < -0.3 is 5.32 Å². The van der Waals surface area contributed by atoms with Crippen molar-refractivity contribution in [2.75, 3.05) is 0 Å². The first-order valence-electron chi connectivity index (χ1n) is 6.16. The monoisotopic (exact) mass is 301 g/mol. The fourth-order valence-corrected chi connectivity index (χ4v) is 2.74. The van der Waals surface area contributed by atoms with Crippen molar-refractivity contribution in [2.24, 2.45) is 5.92 Å². The first-order valence-corrected chi connectivity index (χ1v) is 6.96. The maximum absolute atomic E-state index is 13.0. The summed E-state index contributed by atoms with van der Waals surface area (Å²) in [4.78, 5) is 0. The maximum Gasteiger partial charge on any atom is 0.124 e. The van der Waals surface area contributed by atoms with Gasteiger partial charge >= 0.3 is 0 Å². The van der Waals surface area contributed by atoms with Crippen LogP contribution in [-0.2, 0) is 0 Å². The third kappa shape index (κ3) is 4.07. The molecule has 1 aromatic carbocycles. The Morgan fingerprint density at radius 1 is 1.29 bits per heavy atom. The molecule has 0 bridgehead atoms. The molecule has 1 rings (SSSR count). The predicted molar refractivity (Wildman–Crippen MR) is 74.6 cm³/mol. The molecule has 0 aromatic heterocycles. The molecular weight excluding hydrogens is 281 g/mol. The van der Waals surface area contributed by atoms with Gasteiger partial charge in [-0.25, -0.2) is 4.39 Å². The van der Waals surface area contributed by atoms with E-state index in [1.165, 1.54) is 12.1 Å². The zero-order valence-electron chi connectivity index (χ0n) is 10.9. The average molecular weight is 302 g/mol. The SMILES string of the molecule is CCC(NC(C)c1ccc(F)cc1Br)C(C)C. The molecule has 1 aromatic rings. The molecule has 3 heteroatoms. The molecule has 0 radical (unpaired) electrons. The number of hydrogen-bond acceptors (Lipinski definition) is 1. The third-order valence-electron chi connectivity index (χ3n) is 3.14. The summed E-state index contributed by atoms with van der Waals surface area (Å²) < 4.78 is 13.8. The van der Waals surface area contributed by atoms with Gasteiger partial charge in [0.25, 0.3) is 0 Å². The Bertz CT molecular complexity index is 365. The smallest absolute Gasteiger partial charge is 0.124 e. The van der Waals surface area contributed by atoms with Gasteiger partial charge in [0, 0.05) is 16.6 Å². The molecule has 0 saturated heterocycles. The molecule has 1 nitrogen and oxygen atoms in total. The van der Waals surface area contributed by atoms with E-state index in [1.54, 1.807) is 0 Å². The van der Waals surface area contributed by atoms with Crippen LogP contribution in [0, 0.1) is 11.7 Å². The van der Waals surface area contributed by atoms with Crippen molar-refractivity contribution in [3.8, 4) is 0 Å². The molecule has 1 N–H and O–H groups in total. The molecule has 0 aliphatic rings. The number of halogens is 2. The van der Waals surface area contributed by atoms with E-state index in [9.17, 15) is 4.39 Å². The van der Waals surface area contributed by atoms with Gasteiger partial charge in [0.05, 0.1) is 0 Å². The minimum Gasteiger partial charge on any atom is -0.307 e. The number of rotatable bonds is 5. The van der Waals surface area contributed by atoms with Crippen LogP contribution < -0.4 is 5.32 Å². The highest BCUT2D eigenvalue weighted by Crippen LogP contribution is 2.25. The van der Waals surface area contributed by atoms with Crippen LogP contribution in [0.15, 0.2) is 22.7 Å². The molecule has 0 saturated carbocycles. The van der Waals surface area contributed by atoms with E-state index in [0.29, 0.717) is 12.0 Å². The summed E-state index contributed by atoms with van der Waals surface area (Å²) >= 11 is 3.42. The molecule has 0 heterocycles. The standard InChI is InChI=1S/C14H21BrFN/c1-5-14(9(2)3)17-10(4)12-7-6-11(16)8-13(12)15/h6-10,14,17H,5H2,1-4H3. The Morgan fingerprint density at radius 2 is 1.94 bits per heavy atom. The minimum absolute atomic E-state index is 0.205. The first kappa shape index (κ1) is 14.7. The molecule has 17 heavy (non-hydrogen) atoms. The number of nitrogens with one attached hydrogen (secondary N) is 1. The van der Waals surface area contributed by atoms with Crippen LogP contribution in [0.4, 0.5) is 4.39 Å². The van der Waals surface area contributed by atoms with E-state index in [4.69, 9.17) is 0 Å². The van der Waals surface area contributed by atoms with Gasteiger partial charge in [0.1, 0.15) is 5.82 Å². The molecule has 0 spiro atoms. The van der Waals surface area contributed by atoms with Crippen molar-refractivity contribution in [1.29, 1.82) is 0 Å². The van der Waals surface area contributed by atoms with Crippen molar-refractivity contribution in [3.63, 3.8) is 0 Å². The van der Waals surface area contributed by atoms with Gasteiger partial charge in [0.2, 0.25) is 0 Å². The highest BCUT2D eigenvalue weighted by Gasteiger charge is 2.16. The lowest BCUT2D eigenvalue weighted by Crippen LogP contribution is -2.35. The highest BCUT2D eigenvalue weighted by atomic mass is 79.9. The molecule has 2 atom stereocenters. The summed E-state index contributed by atoms with van der Waals surface area (Å²) in [7, 11) is 0. The largest absolute Gasteiger partial charge is 0.307 e. The van der Waals surface area contributed by atoms with E-state index < -0.39 is 0 Å². The van der Waals surface area contributed by atoms with E-state index in [2.05, 4.69) is 48.9 Å². The van der Waals surface area contributed by atoms with Crippen LogP contribution in [0.3, 0.4) is 0 Å². The van der Waals surface area contributed by atoms with Crippen molar-refractivity contribution in [2.45, 2.75) is 46.2 Å². The van der Waals surface area contributed by atoms with Crippen LogP contribution in [0.1, 0.15) is 45.7 Å². The fraction of sp³-hybridized carbons (Fsp3) is 0.571. The second kappa shape index (κ2) is 6.50. The van der Waals surface area contributed by atoms with E-state index in [1.807, 2.05) is 6.07 Å². The van der Waals surface area contributed by atoms with Crippen LogP contribution in [0.5, 0.6) is 0 Å². The van der Waals surface area contributed by atoms with Gasteiger partial charge in [-0.2, -0.15) is 0 Å². The molecule has 96 valence electrons. The lowest BCUT2D eigenvalue weighted by molar-refractivity contribution is 0.355. The summed E-state index contributed by atoms with van der Waals surface area (Å²) in [6.07, 6.45) is 1.10. The Balaban J connectivity index is 2.78. The molecule has 0 aliphatic heterocycles. The van der Waals surface area contributed by atoms with E-state index in [-0.39, 0.29) is 11.9 Å². The predicted octanol–water partition coefficient (Wildman–Crippen LogP) is 4.67. The highest BCUT2D eigenvalue weighted by molar-refractivity contribution is 9.10. The second-order valence-electron chi connectivity index (χ2n) is 4.81. The number of benzene rings is 1. The summed E-state index contributed by atoms with van der Waals surface area (Å²) in [6, 6.07) is 5.57. The van der Waals surface area contributed by atoms with Crippen molar-refractivity contribution >= 4 is 15.9 Å². The van der Waals surface area contributed by atoms with Gasteiger partial charge in [-0.3, -0.25) is 0 Å². The molecule has 0 amide bonds. The Morgan fingerprint density at radius 3 is 2.41 bits per heavy atom. The minimum atomic E-state index is -0.205. The number of hydrogen-bond donors (Lipinski definition) is 1. The van der Waals surface area contributed by atoms with Crippen LogP contribution in [-0.4, -0.2) is 6.04 Å². The van der Waals surface area contributed by atoms with Gasteiger partial charge in [-0.15, -0.1) is 0 Å². The van der Waals surface area contributed by atoms with Gasteiger partial charge in [0.15, 0.2) is 0 Å². The normalized spacial score (nSPS) is 15.0. The zero-order valence-corrected chi connectivity index (χ0v) is 12.5. The zero-order chi connectivity index (χ0) is 13.0. The van der Waals surface area contributed by atoms with Crippen molar-refractivity contribution < 1.29 is 4.39 Å². The summed E-state index contributed by atoms with van der Waals surface area (Å²) in [5.41, 5.74) is 1.10. The summed E-state index contributed by atoms with van der Waals surface area (Å²) in [6.45, 7) is 8.73. The lowest BCUT2D eigenvalue weighted by atomic mass is 9.99. The van der Waals surface area contributed by atoms with Crippen LogP contribution in [0.25, 0.3) is 0 Å². The van der Waals surface area contributed by atoms with Gasteiger partial charge in [-0.1, -0.05) is 42.8 Å². The van der Waals surface area contributed by atoms with Crippen LogP contribution in [0.2, 0.25) is 0 Å². The van der Waals surface area contributed by atoms with E-state index in [0.717, 1.165) is 16.5 Å². The maximum atomic E-state index is 13.0. The summed E-state index contributed by atoms with van der Waals surface area (Å²) in [5.74, 6) is 0.394. The first-order chi connectivity index (χ1) is 7.95. The quantitative estimate of drug-likeness (QED) is 0.833. The Labute approximate surface area is 112 Å².